The van der Waals surface area contributed by atoms with Crippen LogP contribution in [0.4, 0.5) is 5.69 Å². The number of methoxy groups -OCH3 is 1. The van der Waals surface area contributed by atoms with E-state index < -0.39 is 0 Å². The summed E-state index contributed by atoms with van der Waals surface area (Å²) >= 11 is 0. The first kappa shape index (κ1) is 9.34. The van der Waals surface area contributed by atoms with Gasteiger partial charge in [-0.1, -0.05) is 0 Å². The minimum absolute atomic E-state index is 0.546. The molecule has 3 heteroatoms. The lowest BCUT2D eigenvalue weighted by atomic mass is 9.96. The molecule has 0 aromatic heterocycles. The van der Waals surface area contributed by atoms with Gasteiger partial charge in [0.25, 0.3) is 0 Å². The van der Waals surface area contributed by atoms with Gasteiger partial charge in [0.1, 0.15) is 5.75 Å². The van der Waals surface area contributed by atoms with Crippen LogP contribution in [0.25, 0.3) is 0 Å². The summed E-state index contributed by atoms with van der Waals surface area (Å²) in [6, 6.07) is 5.88. The minimum atomic E-state index is 0.546. The van der Waals surface area contributed by atoms with E-state index in [1.807, 2.05) is 18.2 Å². The van der Waals surface area contributed by atoms with E-state index in [2.05, 4.69) is 5.32 Å². The second kappa shape index (κ2) is 3.88. The van der Waals surface area contributed by atoms with Crippen molar-refractivity contribution >= 4 is 5.69 Å². The Hall–Kier alpha value is -1.22. The van der Waals surface area contributed by atoms with Crippen LogP contribution >= 0.6 is 0 Å². The van der Waals surface area contributed by atoms with Crippen LogP contribution in [0, 0.1) is 0 Å². The highest BCUT2D eigenvalue weighted by molar-refractivity contribution is 5.52. The van der Waals surface area contributed by atoms with E-state index in [0.29, 0.717) is 5.92 Å². The molecule has 76 valence electrons. The number of benzene rings is 1. The van der Waals surface area contributed by atoms with Gasteiger partial charge in [-0.3, -0.25) is 0 Å². The monoisotopic (exact) mass is 192 g/mol. The van der Waals surface area contributed by atoms with E-state index in [9.17, 15) is 0 Å². The predicted octanol–water partition coefficient (Wildman–Crippen LogP) is 1.35. The first-order valence-electron chi connectivity index (χ1n) is 4.95. The van der Waals surface area contributed by atoms with Crippen molar-refractivity contribution in [2.45, 2.75) is 12.3 Å². The zero-order valence-electron chi connectivity index (χ0n) is 8.42. The fourth-order valence-corrected chi connectivity index (χ4v) is 1.95. The highest BCUT2D eigenvalue weighted by atomic mass is 16.5. The number of nitrogens with two attached hydrogens (primary N) is 1. The Bertz CT molecular complexity index is 319. The number of ether oxygens (including phenoxy) is 1. The van der Waals surface area contributed by atoms with Crippen molar-refractivity contribution in [2.24, 2.45) is 0 Å². The molecule has 0 radical (unpaired) electrons. The summed E-state index contributed by atoms with van der Waals surface area (Å²) in [7, 11) is 1.68. The molecule has 0 saturated carbocycles. The van der Waals surface area contributed by atoms with Gasteiger partial charge >= 0.3 is 0 Å². The van der Waals surface area contributed by atoms with Gasteiger partial charge in [-0.05, 0) is 42.6 Å². The molecule has 1 unspecified atom stereocenters. The Labute approximate surface area is 84.3 Å². The molecule has 3 N–H and O–H groups in total. The van der Waals surface area contributed by atoms with Crippen molar-refractivity contribution in [3.63, 3.8) is 0 Å². The lowest BCUT2D eigenvalue weighted by Crippen LogP contribution is -2.09. The molecule has 2 rings (SSSR count). The maximum atomic E-state index is 5.94. The quantitative estimate of drug-likeness (QED) is 0.695. The number of nitrogens with one attached hydrogen (secondary N) is 1. The van der Waals surface area contributed by atoms with E-state index in [0.717, 1.165) is 30.9 Å². The molecule has 1 aliphatic rings. The summed E-state index contributed by atoms with van der Waals surface area (Å²) in [6.45, 7) is 2.11. The first-order chi connectivity index (χ1) is 6.81. The molecule has 1 aromatic carbocycles. The molecule has 1 aliphatic heterocycles. The van der Waals surface area contributed by atoms with E-state index >= 15 is 0 Å². The van der Waals surface area contributed by atoms with Gasteiger partial charge in [0.2, 0.25) is 0 Å². The molecule has 14 heavy (non-hydrogen) atoms. The van der Waals surface area contributed by atoms with Crippen molar-refractivity contribution in [1.29, 1.82) is 0 Å². The van der Waals surface area contributed by atoms with Crippen LogP contribution in [-0.2, 0) is 0 Å². The van der Waals surface area contributed by atoms with E-state index in [-0.39, 0.29) is 0 Å². The van der Waals surface area contributed by atoms with Gasteiger partial charge in [-0.15, -0.1) is 0 Å². The molecule has 1 aromatic rings. The Morgan fingerprint density at radius 3 is 3.00 bits per heavy atom. The summed E-state index contributed by atoms with van der Waals surface area (Å²) in [4.78, 5) is 0. The highest BCUT2D eigenvalue weighted by Crippen LogP contribution is 2.30. The van der Waals surface area contributed by atoms with Gasteiger partial charge in [-0.25, -0.2) is 0 Å². The van der Waals surface area contributed by atoms with Crippen molar-refractivity contribution in [2.75, 3.05) is 25.9 Å². The molecule has 0 aliphatic carbocycles. The molecule has 3 nitrogen and oxygen atoms in total. The fourth-order valence-electron chi connectivity index (χ4n) is 1.95. The van der Waals surface area contributed by atoms with Crippen molar-refractivity contribution < 1.29 is 4.74 Å². The van der Waals surface area contributed by atoms with Gasteiger partial charge in [0.05, 0.1) is 7.11 Å². The predicted molar refractivity (Wildman–Crippen MR) is 57.6 cm³/mol. The lowest BCUT2D eigenvalue weighted by molar-refractivity contribution is 0.414. The Morgan fingerprint density at radius 1 is 1.50 bits per heavy atom. The molecule has 1 saturated heterocycles. The standard InChI is InChI=1S/C11H16N2O/c1-14-9-2-3-11(12)10(6-9)8-4-5-13-7-8/h2-3,6,8,13H,4-5,7,12H2,1H3. The molecule has 1 atom stereocenters. The van der Waals surface area contributed by atoms with Gasteiger partial charge in [0, 0.05) is 12.2 Å². The Morgan fingerprint density at radius 2 is 2.36 bits per heavy atom. The highest BCUT2D eigenvalue weighted by Gasteiger charge is 2.19. The van der Waals surface area contributed by atoms with Crippen LogP contribution < -0.4 is 15.8 Å². The van der Waals surface area contributed by atoms with Gasteiger partial charge in [0.15, 0.2) is 0 Å². The number of rotatable bonds is 2. The van der Waals surface area contributed by atoms with Gasteiger partial charge < -0.3 is 15.8 Å². The molecule has 1 fully saturated rings. The Balaban J connectivity index is 2.29. The average molecular weight is 192 g/mol. The van der Waals surface area contributed by atoms with E-state index in [1.165, 1.54) is 5.56 Å². The number of nitrogen functional groups attached to an aromatic ring is 1. The van der Waals surface area contributed by atoms with E-state index in [1.54, 1.807) is 7.11 Å². The molecule has 1 heterocycles. The van der Waals surface area contributed by atoms with Crippen molar-refractivity contribution in [3.05, 3.63) is 23.8 Å². The van der Waals surface area contributed by atoms with Crippen LogP contribution in [0.15, 0.2) is 18.2 Å². The van der Waals surface area contributed by atoms with Crippen LogP contribution in [0.3, 0.4) is 0 Å². The molecular weight excluding hydrogens is 176 g/mol. The molecule has 0 bridgehead atoms. The summed E-state index contributed by atoms with van der Waals surface area (Å²) in [5.74, 6) is 1.44. The fraction of sp³-hybridized carbons (Fsp3) is 0.455. The van der Waals surface area contributed by atoms with E-state index in [4.69, 9.17) is 10.5 Å². The topological polar surface area (TPSA) is 47.3 Å². The minimum Gasteiger partial charge on any atom is -0.497 e. The molecular formula is C11H16N2O. The summed E-state index contributed by atoms with van der Waals surface area (Å²) in [5, 5.41) is 3.34. The first-order valence-corrected chi connectivity index (χ1v) is 4.95. The summed E-state index contributed by atoms with van der Waals surface area (Å²) in [5.41, 5.74) is 8.03. The van der Waals surface area contributed by atoms with Gasteiger partial charge in [-0.2, -0.15) is 0 Å². The smallest absolute Gasteiger partial charge is 0.119 e. The zero-order valence-corrected chi connectivity index (χ0v) is 8.42. The second-order valence-electron chi connectivity index (χ2n) is 3.68. The number of hydrogen-bond acceptors (Lipinski definition) is 3. The largest absolute Gasteiger partial charge is 0.497 e. The van der Waals surface area contributed by atoms with Crippen LogP contribution in [-0.4, -0.2) is 20.2 Å². The Kier molecular flexibility index (Phi) is 2.59. The second-order valence-corrected chi connectivity index (χ2v) is 3.68. The number of anilines is 1. The zero-order chi connectivity index (χ0) is 9.97. The third-order valence-electron chi connectivity index (χ3n) is 2.79. The van der Waals surface area contributed by atoms with Crippen LogP contribution in [0.5, 0.6) is 5.75 Å². The van der Waals surface area contributed by atoms with Crippen LogP contribution in [0.2, 0.25) is 0 Å². The third-order valence-corrected chi connectivity index (χ3v) is 2.79. The maximum Gasteiger partial charge on any atom is 0.119 e. The average Bonchev–Trinajstić information content (AvgIpc) is 2.71. The SMILES string of the molecule is COc1ccc(N)c(C2CCNC2)c1. The maximum absolute atomic E-state index is 5.94. The van der Waals surface area contributed by atoms with Crippen molar-refractivity contribution in [3.8, 4) is 5.75 Å². The molecule has 0 spiro atoms. The summed E-state index contributed by atoms with van der Waals surface area (Å²) < 4.78 is 5.19. The lowest BCUT2D eigenvalue weighted by Gasteiger charge is -2.13. The third kappa shape index (κ3) is 1.68. The molecule has 0 amide bonds. The van der Waals surface area contributed by atoms with Crippen LogP contribution in [0.1, 0.15) is 17.9 Å². The summed E-state index contributed by atoms with van der Waals surface area (Å²) in [6.07, 6.45) is 1.16. The normalized spacial score (nSPS) is 21.1. The number of hydrogen-bond donors (Lipinski definition) is 2. The van der Waals surface area contributed by atoms with Crippen molar-refractivity contribution in [1.82, 2.24) is 5.32 Å².